The van der Waals surface area contributed by atoms with Crippen LogP contribution in [-0.2, 0) is 4.79 Å². The smallest absolute Gasteiger partial charge is 0.303 e. The van der Waals surface area contributed by atoms with Crippen molar-refractivity contribution in [1.29, 1.82) is 0 Å². The topological polar surface area (TPSA) is 58.6 Å². The van der Waals surface area contributed by atoms with Crippen molar-refractivity contribution < 1.29 is 14.6 Å². The van der Waals surface area contributed by atoms with Crippen molar-refractivity contribution in [1.82, 2.24) is 5.32 Å². The Balaban J connectivity index is 2.01. The quantitative estimate of drug-likeness (QED) is 0.701. The van der Waals surface area contributed by atoms with Crippen molar-refractivity contribution in [2.24, 2.45) is 0 Å². The highest BCUT2D eigenvalue weighted by molar-refractivity contribution is 6.30. The zero-order valence-corrected chi connectivity index (χ0v) is 10.2. The Morgan fingerprint density at radius 1 is 1.29 bits per heavy atom. The summed E-state index contributed by atoms with van der Waals surface area (Å²) in [5.74, 6) is 0.0194. The summed E-state index contributed by atoms with van der Waals surface area (Å²) in [7, 11) is 0. The SMILES string of the molecule is O=C(O)CCCNCCOc1ccc(Cl)cc1. The van der Waals surface area contributed by atoms with Gasteiger partial charge >= 0.3 is 5.97 Å². The van der Waals surface area contributed by atoms with E-state index in [-0.39, 0.29) is 6.42 Å². The summed E-state index contributed by atoms with van der Waals surface area (Å²) in [6.07, 6.45) is 0.835. The van der Waals surface area contributed by atoms with Gasteiger partial charge in [-0.2, -0.15) is 0 Å². The molecule has 2 N–H and O–H groups in total. The Labute approximate surface area is 106 Å². The average molecular weight is 258 g/mol. The zero-order valence-electron chi connectivity index (χ0n) is 9.49. The first kappa shape index (κ1) is 13.8. The van der Waals surface area contributed by atoms with Crippen LogP contribution in [-0.4, -0.2) is 30.8 Å². The fourth-order valence-electron chi connectivity index (χ4n) is 1.26. The molecule has 4 nitrogen and oxygen atoms in total. The van der Waals surface area contributed by atoms with E-state index in [0.29, 0.717) is 31.1 Å². The molecule has 1 aromatic carbocycles. The molecule has 0 saturated heterocycles. The second-order valence-electron chi connectivity index (χ2n) is 3.55. The highest BCUT2D eigenvalue weighted by Gasteiger charge is 1.96. The van der Waals surface area contributed by atoms with E-state index in [2.05, 4.69) is 5.32 Å². The first-order valence-corrected chi connectivity index (χ1v) is 5.87. The predicted octanol–water partition coefficient (Wildman–Crippen LogP) is 2.17. The molecule has 17 heavy (non-hydrogen) atoms. The first-order valence-electron chi connectivity index (χ1n) is 5.49. The van der Waals surface area contributed by atoms with Crippen LogP contribution in [0.3, 0.4) is 0 Å². The molecule has 0 aromatic heterocycles. The third kappa shape index (κ3) is 6.81. The zero-order chi connectivity index (χ0) is 12.5. The number of aliphatic carboxylic acids is 1. The molecule has 0 aliphatic carbocycles. The van der Waals surface area contributed by atoms with Crippen molar-refractivity contribution in [3.05, 3.63) is 29.3 Å². The Morgan fingerprint density at radius 2 is 2.00 bits per heavy atom. The van der Waals surface area contributed by atoms with Crippen LogP contribution in [0.25, 0.3) is 0 Å². The van der Waals surface area contributed by atoms with Gasteiger partial charge in [0.25, 0.3) is 0 Å². The molecule has 0 aliphatic heterocycles. The molecule has 0 heterocycles. The van der Waals surface area contributed by atoms with Gasteiger partial charge in [-0.25, -0.2) is 0 Å². The van der Waals surface area contributed by atoms with E-state index in [1.54, 1.807) is 12.1 Å². The van der Waals surface area contributed by atoms with E-state index in [1.165, 1.54) is 0 Å². The van der Waals surface area contributed by atoms with Crippen molar-refractivity contribution >= 4 is 17.6 Å². The number of carbonyl (C=O) groups is 1. The van der Waals surface area contributed by atoms with Gasteiger partial charge in [-0.1, -0.05) is 11.6 Å². The lowest BCUT2D eigenvalue weighted by Gasteiger charge is -2.07. The Morgan fingerprint density at radius 3 is 2.65 bits per heavy atom. The van der Waals surface area contributed by atoms with Gasteiger partial charge < -0.3 is 15.2 Å². The van der Waals surface area contributed by atoms with Gasteiger partial charge in [-0.15, -0.1) is 0 Å². The summed E-state index contributed by atoms with van der Waals surface area (Å²) < 4.78 is 5.45. The molecule has 0 aliphatic rings. The third-order valence-electron chi connectivity index (χ3n) is 2.11. The Kier molecular flexibility index (Phi) is 6.43. The fraction of sp³-hybridized carbons (Fsp3) is 0.417. The van der Waals surface area contributed by atoms with Crippen LogP contribution >= 0.6 is 11.6 Å². The van der Waals surface area contributed by atoms with E-state index in [4.69, 9.17) is 21.4 Å². The minimum Gasteiger partial charge on any atom is -0.492 e. The van der Waals surface area contributed by atoms with E-state index in [1.807, 2.05) is 12.1 Å². The molecule has 5 heteroatoms. The maximum atomic E-state index is 10.2. The molecule has 0 radical (unpaired) electrons. The normalized spacial score (nSPS) is 10.2. The van der Waals surface area contributed by atoms with E-state index >= 15 is 0 Å². The molecule has 94 valence electrons. The monoisotopic (exact) mass is 257 g/mol. The highest BCUT2D eigenvalue weighted by Crippen LogP contribution is 2.14. The van der Waals surface area contributed by atoms with E-state index < -0.39 is 5.97 Å². The van der Waals surface area contributed by atoms with Crippen molar-refractivity contribution in [3.8, 4) is 5.75 Å². The lowest BCUT2D eigenvalue weighted by molar-refractivity contribution is -0.137. The number of benzene rings is 1. The summed E-state index contributed by atoms with van der Waals surface area (Å²) >= 11 is 5.74. The van der Waals surface area contributed by atoms with Gasteiger partial charge in [0.1, 0.15) is 12.4 Å². The Hall–Kier alpha value is -1.26. The van der Waals surface area contributed by atoms with E-state index in [0.717, 1.165) is 5.75 Å². The van der Waals surface area contributed by atoms with Crippen LogP contribution in [0.1, 0.15) is 12.8 Å². The molecular weight excluding hydrogens is 242 g/mol. The Bertz CT molecular complexity index is 340. The van der Waals surface area contributed by atoms with Crippen LogP contribution in [0.2, 0.25) is 5.02 Å². The van der Waals surface area contributed by atoms with Crippen molar-refractivity contribution in [2.45, 2.75) is 12.8 Å². The number of carboxylic acid groups (broad SMARTS) is 1. The molecule has 0 spiro atoms. The van der Waals surface area contributed by atoms with Gasteiger partial charge in [-0.05, 0) is 37.2 Å². The maximum absolute atomic E-state index is 10.2. The second kappa shape index (κ2) is 7.92. The third-order valence-corrected chi connectivity index (χ3v) is 2.36. The minimum atomic E-state index is -0.760. The lowest BCUT2D eigenvalue weighted by atomic mass is 10.3. The van der Waals surface area contributed by atoms with Gasteiger partial charge in [0.2, 0.25) is 0 Å². The number of nitrogens with one attached hydrogen (secondary N) is 1. The van der Waals surface area contributed by atoms with Gasteiger partial charge in [0.05, 0.1) is 0 Å². The summed E-state index contributed by atoms with van der Waals surface area (Å²) in [5.41, 5.74) is 0. The summed E-state index contributed by atoms with van der Waals surface area (Å²) in [4.78, 5) is 10.2. The summed E-state index contributed by atoms with van der Waals surface area (Å²) in [6, 6.07) is 7.17. The first-order chi connectivity index (χ1) is 8.18. The highest BCUT2D eigenvalue weighted by atomic mass is 35.5. The lowest BCUT2D eigenvalue weighted by Crippen LogP contribution is -2.22. The van der Waals surface area contributed by atoms with E-state index in [9.17, 15) is 4.79 Å². The molecule has 0 fully saturated rings. The number of hydrogen-bond donors (Lipinski definition) is 2. The molecule has 0 amide bonds. The van der Waals surface area contributed by atoms with Crippen LogP contribution in [0.5, 0.6) is 5.75 Å². The van der Waals surface area contributed by atoms with Gasteiger partial charge in [0.15, 0.2) is 0 Å². The molecule has 0 bridgehead atoms. The maximum Gasteiger partial charge on any atom is 0.303 e. The van der Waals surface area contributed by atoms with Gasteiger partial charge in [0, 0.05) is 18.0 Å². The molecule has 0 saturated carbocycles. The predicted molar refractivity (Wildman–Crippen MR) is 66.7 cm³/mol. The van der Waals surface area contributed by atoms with Crippen molar-refractivity contribution in [2.75, 3.05) is 19.7 Å². The van der Waals surface area contributed by atoms with Crippen LogP contribution in [0, 0.1) is 0 Å². The number of halogens is 1. The molecule has 1 aromatic rings. The van der Waals surface area contributed by atoms with Crippen LogP contribution in [0.4, 0.5) is 0 Å². The second-order valence-corrected chi connectivity index (χ2v) is 3.99. The number of carboxylic acids is 1. The molecule has 0 atom stereocenters. The average Bonchev–Trinajstić information content (AvgIpc) is 2.30. The molecular formula is C12H16ClNO3. The number of hydrogen-bond acceptors (Lipinski definition) is 3. The van der Waals surface area contributed by atoms with Crippen LogP contribution in [0.15, 0.2) is 24.3 Å². The minimum absolute atomic E-state index is 0.199. The standard InChI is InChI=1S/C12H16ClNO3/c13-10-3-5-11(6-4-10)17-9-8-14-7-1-2-12(15)16/h3-6,14H,1-2,7-9H2,(H,15,16). The molecule has 1 rings (SSSR count). The van der Waals surface area contributed by atoms with Crippen LogP contribution < -0.4 is 10.1 Å². The summed E-state index contributed by atoms with van der Waals surface area (Å²) in [5, 5.41) is 12.2. The van der Waals surface area contributed by atoms with Gasteiger partial charge in [-0.3, -0.25) is 4.79 Å². The number of ether oxygens (including phenoxy) is 1. The molecule has 0 unspecified atom stereocenters. The fourth-order valence-corrected chi connectivity index (χ4v) is 1.39. The van der Waals surface area contributed by atoms with Crippen molar-refractivity contribution in [3.63, 3.8) is 0 Å². The number of rotatable bonds is 8. The summed E-state index contributed by atoms with van der Waals surface area (Å²) in [6.45, 7) is 1.94. The largest absolute Gasteiger partial charge is 0.492 e.